The van der Waals surface area contributed by atoms with Crippen LogP contribution < -0.4 is 10.1 Å². The van der Waals surface area contributed by atoms with Gasteiger partial charge in [-0.2, -0.15) is 0 Å². The molecule has 1 amide bonds. The zero-order valence-electron chi connectivity index (χ0n) is 11.5. The van der Waals surface area contributed by atoms with Crippen molar-refractivity contribution in [2.75, 3.05) is 18.4 Å². The number of hydrogen-bond acceptors (Lipinski definition) is 4. The van der Waals surface area contributed by atoms with Crippen molar-refractivity contribution in [2.24, 2.45) is 0 Å². The SMILES string of the molecule is O=C(C1CNc2ccccc2O1)N1CCn2ccnc2C1. The summed E-state index contributed by atoms with van der Waals surface area (Å²) in [6.07, 6.45) is 3.26. The molecule has 1 atom stereocenters. The number of nitrogens with zero attached hydrogens (tertiary/aromatic N) is 3. The number of imidazole rings is 1. The highest BCUT2D eigenvalue weighted by atomic mass is 16.5. The Hall–Kier alpha value is -2.50. The highest BCUT2D eigenvalue weighted by Gasteiger charge is 2.31. The second kappa shape index (κ2) is 4.80. The molecule has 2 aliphatic heterocycles. The summed E-state index contributed by atoms with van der Waals surface area (Å²) in [6.45, 7) is 2.54. The van der Waals surface area contributed by atoms with Gasteiger partial charge in [0.05, 0.1) is 18.8 Å². The van der Waals surface area contributed by atoms with Gasteiger partial charge in [-0.3, -0.25) is 4.79 Å². The zero-order valence-corrected chi connectivity index (χ0v) is 11.5. The van der Waals surface area contributed by atoms with E-state index in [1.54, 1.807) is 6.20 Å². The molecule has 0 aliphatic carbocycles. The Kier molecular flexibility index (Phi) is 2.80. The van der Waals surface area contributed by atoms with E-state index in [4.69, 9.17) is 4.74 Å². The monoisotopic (exact) mass is 284 g/mol. The van der Waals surface area contributed by atoms with Crippen LogP contribution >= 0.6 is 0 Å². The number of fused-ring (bicyclic) bond motifs is 2. The van der Waals surface area contributed by atoms with Crippen molar-refractivity contribution in [1.82, 2.24) is 14.5 Å². The Labute approximate surface area is 122 Å². The van der Waals surface area contributed by atoms with Gasteiger partial charge in [-0.15, -0.1) is 0 Å². The van der Waals surface area contributed by atoms with Crippen LogP contribution in [0.4, 0.5) is 5.69 Å². The van der Waals surface area contributed by atoms with Crippen molar-refractivity contribution in [1.29, 1.82) is 0 Å². The summed E-state index contributed by atoms with van der Waals surface area (Å²) in [4.78, 5) is 18.7. The van der Waals surface area contributed by atoms with Gasteiger partial charge in [0.25, 0.3) is 5.91 Å². The normalized spacial score (nSPS) is 20.0. The second-order valence-corrected chi connectivity index (χ2v) is 5.28. The number of aromatic nitrogens is 2. The third kappa shape index (κ3) is 2.12. The van der Waals surface area contributed by atoms with Crippen LogP contribution in [0.1, 0.15) is 5.82 Å². The van der Waals surface area contributed by atoms with E-state index < -0.39 is 6.10 Å². The molecule has 0 saturated heterocycles. The number of rotatable bonds is 1. The van der Waals surface area contributed by atoms with Gasteiger partial charge < -0.3 is 19.5 Å². The van der Waals surface area contributed by atoms with Crippen LogP contribution in [0.25, 0.3) is 0 Å². The molecule has 0 bridgehead atoms. The Balaban J connectivity index is 1.49. The van der Waals surface area contributed by atoms with Gasteiger partial charge in [0.15, 0.2) is 6.10 Å². The van der Waals surface area contributed by atoms with Crippen LogP contribution in [0.3, 0.4) is 0 Å². The van der Waals surface area contributed by atoms with Crippen molar-refractivity contribution >= 4 is 11.6 Å². The van der Waals surface area contributed by atoms with E-state index in [0.29, 0.717) is 19.6 Å². The van der Waals surface area contributed by atoms with Gasteiger partial charge in [-0.1, -0.05) is 12.1 Å². The number of hydrogen-bond donors (Lipinski definition) is 1. The number of carbonyl (C=O) groups excluding carboxylic acids is 1. The quantitative estimate of drug-likeness (QED) is 0.852. The maximum atomic E-state index is 12.6. The molecule has 4 rings (SSSR count). The second-order valence-electron chi connectivity index (χ2n) is 5.28. The van der Waals surface area contributed by atoms with Crippen LogP contribution in [0, 0.1) is 0 Å². The highest BCUT2D eigenvalue weighted by Crippen LogP contribution is 2.29. The van der Waals surface area contributed by atoms with Gasteiger partial charge in [-0.25, -0.2) is 4.98 Å². The molecule has 1 N–H and O–H groups in total. The Bertz CT molecular complexity index is 682. The topological polar surface area (TPSA) is 59.4 Å². The Morgan fingerprint density at radius 2 is 2.24 bits per heavy atom. The van der Waals surface area contributed by atoms with E-state index in [1.165, 1.54) is 0 Å². The Morgan fingerprint density at radius 3 is 3.19 bits per heavy atom. The fourth-order valence-electron chi connectivity index (χ4n) is 2.82. The lowest BCUT2D eigenvalue weighted by atomic mass is 10.2. The third-order valence-corrected chi connectivity index (χ3v) is 3.97. The lowest BCUT2D eigenvalue weighted by Crippen LogP contribution is -2.49. The summed E-state index contributed by atoms with van der Waals surface area (Å²) in [5.41, 5.74) is 0.940. The first kappa shape index (κ1) is 12.3. The van der Waals surface area contributed by atoms with Gasteiger partial charge in [0.1, 0.15) is 11.6 Å². The van der Waals surface area contributed by atoms with Gasteiger partial charge in [-0.05, 0) is 12.1 Å². The molecule has 6 heteroatoms. The lowest BCUT2D eigenvalue weighted by Gasteiger charge is -2.33. The van der Waals surface area contributed by atoms with Crippen LogP contribution in [0.2, 0.25) is 0 Å². The minimum atomic E-state index is -0.471. The largest absolute Gasteiger partial charge is 0.477 e. The van der Waals surface area contributed by atoms with Crippen LogP contribution in [-0.4, -0.2) is 39.6 Å². The first-order valence-electron chi connectivity index (χ1n) is 7.09. The zero-order chi connectivity index (χ0) is 14.2. The molecule has 1 aromatic heterocycles. The molecular formula is C15H16N4O2. The smallest absolute Gasteiger partial charge is 0.265 e. The molecule has 1 aromatic carbocycles. The van der Waals surface area contributed by atoms with E-state index in [1.807, 2.05) is 35.4 Å². The number of ether oxygens (including phenoxy) is 1. The molecular weight excluding hydrogens is 268 g/mol. The number of anilines is 1. The van der Waals surface area contributed by atoms with Crippen LogP contribution in [0.5, 0.6) is 5.75 Å². The molecule has 108 valence electrons. The number of benzene rings is 1. The maximum Gasteiger partial charge on any atom is 0.265 e. The lowest BCUT2D eigenvalue weighted by molar-refractivity contribution is -0.139. The summed E-state index contributed by atoms with van der Waals surface area (Å²) in [5.74, 6) is 1.69. The molecule has 0 fully saturated rings. The van der Waals surface area contributed by atoms with Crippen molar-refractivity contribution in [3.05, 3.63) is 42.5 Å². The van der Waals surface area contributed by atoms with Crippen molar-refractivity contribution < 1.29 is 9.53 Å². The summed E-state index contributed by atoms with van der Waals surface area (Å²) >= 11 is 0. The van der Waals surface area contributed by atoms with Gasteiger partial charge in [0, 0.05) is 25.5 Å². The summed E-state index contributed by atoms with van der Waals surface area (Å²) in [7, 11) is 0. The summed E-state index contributed by atoms with van der Waals surface area (Å²) in [5, 5.41) is 3.25. The van der Waals surface area contributed by atoms with E-state index in [0.717, 1.165) is 23.8 Å². The van der Waals surface area contributed by atoms with Crippen LogP contribution in [-0.2, 0) is 17.9 Å². The summed E-state index contributed by atoms with van der Waals surface area (Å²) < 4.78 is 7.92. The van der Waals surface area contributed by atoms with Gasteiger partial charge >= 0.3 is 0 Å². The predicted molar refractivity (Wildman–Crippen MR) is 77.0 cm³/mol. The fourth-order valence-corrected chi connectivity index (χ4v) is 2.82. The molecule has 2 aliphatic rings. The summed E-state index contributed by atoms with van der Waals surface area (Å²) in [6, 6.07) is 7.69. The fraction of sp³-hybridized carbons (Fsp3) is 0.333. The highest BCUT2D eigenvalue weighted by molar-refractivity contribution is 5.83. The standard InChI is InChI=1S/C15H16N4O2/c20-15(19-8-7-18-6-5-16-14(18)10-19)13-9-17-11-3-1-2-4-12(11)21-13/h1-6,13,17H,7-10H2. The van der Waals surface area contributed by atoms with Crippen LogP contribution in [0.15, 0.2) is 36.7 Å². The maximum absolute atomic E-state index is 12.6. The van der Waals surface area contributed by atoms with Crippen molar-refractivity contribution in [2.45, 2.75) is 19.2 Å². The van der Waals surface area contributed by atoms with E-state index in [9.17, 15) is 4.79 Å². The first-order valence-corrected chi connectivity index (χ1v) is 7.09. The minimum Gasteiger partial charge on any atom is -0.477 e. The third-order valence-electron chi connectivity index (χ3n) is 3.97. The van der Waals surface area contributed by atoms with E-state index in [-0.39, 0.29) is 5.91 Å². The Morgan fingerprint density at radius 1 is 1.33 bits per heavy atom. The molecule has 0 saturated carbocycles. The molecule has 0 radical (unpaired) electrons. The van der Waals surface area contributed by atoms with Crippen molar-refractivity contribution in [3.8, 4) is 5.75 Å². The van der Waals surface area contributed by atoms with E-state index in [2.05, 4.69) is 14.9 Å². The molecule has 2 aromatic rings. The molecule has 6 nitrogen and oxygen atoms in total. The number of carbonyl (C=O) groups is 1. The molecule has 3 heterocycles. The average molecular weight is 284 g/mol. The number of amides is 1. The van der Waals surface area contributed by atoms with Gasteiger partial charge in [0.2, 0.25) is 0 Å². The molecule has 21 heavy (non-hydrogen) atoms. The number of nitrogens with one attached hydrogen (secondary N) is 1. The average Bonchev–Trinajstić information content (AvgIpc) is 3.01. The molecule has 1 unspecified atom stereocenters. The number of para-hydroxylation sites is 2. The minimum absolute atomic E-state index is 0.0197. The van der Waals surface area contributed by atoms with Crippen molar-refractivity contribution in [3.63, 3.8) is 0 Å². The van der Waals surface area contributed by atoms with E-state index >= 15 is 0 Å². The first-order chi connectivity index (χ1) is 10.3. The molecule has 0 spiro atoms. The predicted octanol–water partition coefficient (Wildman–Crippen LogP) is 1.10.